The summed E-state index contributed by atoms with van der Waals surface area (Å²) in [5, 5.41) is 6.11. The Morgan fingerprint density at radius 1 is 1.05 bits per heavy atom. The Morgan fingerprint density at radius 3 is 2.49 bits per heavy atom. The fraction of sp³-hybridized carbons (Fsp3) is 0.462. The van der Waals surface area contributed by atoms with Gasteiger partial charge in [0, 0.05) is 49.1 Å². The van der Waals surface area contributed by atoms with E-state index in [0.717, 1.165) is 35.5 Å². The van der Waals surface area contributed by atoms with Gasteiger partial charge < -0.3 is 10.2 Å². The second-order valence-corrected chi connectivity index (χ2v) is 10.2. The molecule has 2 atom stereocenters. The number of rotatable bonds is 7. The average Bonchev–Trinajstić information content (AvgIpc) is 3.71. The number of pyridine rings is 1. The van der Waals surface area contributed by atoms with Crippen LogP contribution in [0.3, 0.4) is 0 Å². The zero-order valence-corrected chi connectivity index (χ0v) is 20.9. The number of amides is 1. The van der Waals surface area contributed by atoms with Crippen LogP contribution in [0.4, 0.5) is 26.4 Å². The molecule has 0 aromatic carbocycles. The van der Waals surface area contributed by atoms with Crippen molar-refractivity contribution in [3.05, 3.63) is 47.2 Å². The Bertz CT molecular complexity index is 1380. The number of aromatic nitrogens is 5. The highest BCUT2D eigenvalue weighted by Gasteiger charge is 2.71. The number of hydrogen-bond donors (Lipinski definition) is 2. The van der Waals surface area contributed by atoms with Gasteiger partial charge in [0.05, 0.1) is 23.2 Å². The van der Waals surface area contributed by atoms with Gasteiger partial charge in [0.25, 0.3) is 5.92 Å². The van der Waals surface area contributed by atoms with Crippen molar-refractivity contribution in [2.24, 2.45) is 17.8 Å². The number of nitrogens with zero attached hydrogens (tertiary/aromatic N) is 6. The maximum Gasteiger partial charge on any atom is 0.258 e. The first-order valence-electron chi connectivity index (χ1n) is 12.5. The molecule has 2 unspecified atom stereocenters. The summed E-state index contributed by atoms with van der Waals surface area (Å²) in [6.07, 6.45) is 3.50. The number of alkyl halides is 2. The molecule has 0 radical (unpaired) electrons. The van der Waals surface area contributed by atoms with Crippen molar-refractivity contribution >= 4 is 23.5 Å². The second-order valence-electron chi connectivity index (χ2n) is 10.2. The van der Waals surface area contributed by atoms with Crippen molar-refractivity contribution in [2.45, 2.75) is 46.1 Å². The van der Waals surface area contributed by atoms with Crippen LogP contribution in [0.5, 0.6) is 0 Å². The lowest BCUT2D eigenvalue weighted by atomic mass is 10.1. The molecule has 0 spiro atoms. The van der Waals surface area contributed by atoms with E-state index in [0.29, 0.717) is 48.6 Å². The molecule has 9 nitrogen and oxygen atoms in total. The zero-order valence-electron chi connectivity index (χ0n) is 20.9. The molecule has 37 heavy (non-hydrogen) atoms. The Labute approximate surface area is 213 Å². The summed E-state index contributed by atoms with van der Waals surface area (Å²) in [7, 11) is 0. The maximum atomic E-state index is 13.5. The first-order chi connectivity index (χ1) is 17.7. The van der Waals surface area contributed by atoms with Crippen LogP contribution in [0.1, 0.15) is 35.6 Å². The molecule has 4 heterocycles. The molecule has 2 aliphatic carbocycles. The number of carbonyl (C=O) groups is 1. The number of piperidine rings is 1. The van der Waals surface area contributed by atoms with Crippen molar-refractivity contribution < 1.29 is 13.6 Å². The topological polar surface area (TPSA) is 109 Å². The van der Waals surface area contributed by atoms with Crippen LogP contribution in [0.15, 0.2) is 24.4 Å². The van der Waals surface area contributed by atoms with E-state index < -0.39 is 17.8 Å². The summed E-state index contributed by atoms with van der Waals surface area (Å²) in [6.45, 7) is 6.83. The van der Waals surface area contributed by atoms with E-state index in [2.05, 4.69) is 35.6 Å². The number of nitrogens with one attached hydrogen (secondary N) is 2. The Morgan fingerprint density at radius 2 is 1.81 bits per heavy atom. The molecule has 0 bridgehead atoms. The van der Waals surface area contributed by atoms with E-state index >= 15 is 0 Å². The van der Waals surface area contributed by atoms with E-state index in [1.54, 1.807) is 6.20 Å². The lowest BCUT2D eigenvalue weighted by molar-refractivity contribution is -0.117. The van der Waals surface area contributed by atoms with Gasteiger partial charge in [-0.15, -0.1) is 0 Å². The monoisotopic (exact) mass is 506 g/mol. The van der Waals surface area contributed by atoms with Gasteiger partial charge in [-0.1, -0.05) is 6.07 Å². The van der Waals surface area contributed by atoms with Gasteiger partial charge >= 0.3 is 0 Å². The van der Waals surface area contributed by atoms with Gasteiger partial charge in [-0.2, -0.15) is 0 Å². The van der Waals surface area contributed by atoms with E-state index in [1.807, 2.05) is 43.9 Å². The molecule has 192 valence electrons. The van der Waals surface area contributed by atoms with E-state index in [-0.39, 0.29) is 11.8 Å². The first kappa shape index (κ1) is 23.6. The Balaban J connectivity index is 1.13. The predicted octanol–water partition coefficient (Wildman–Crippen LogP) is 3.92. The highest BCUT2D eigenvalue weighted by Crippen LogP contribution is 2.59. The number of hydrogen-bond acceptors (Lipinski definition) is 8. The van der Waals surface area contributed by atoms with Gasteiger partial charge in [0.1, 0.15) is 17.5 Å². The van der Waals surface area contributed by atoms with Crippen molar-refractivity contribution in [1.82, 2.24) is 24.9 Å². The molecule has 1 amide bonds. The zero-order chi connectivity index (χ0) is 25.9. The number of aryl methyl sites for hydroxylation is 3. The highest BCUT2D eigenvalue weighted by atomic mass is 19.3. The maximum absolute atomic E-state index is 13.5. The highest BCUT2D eigenvalue weighted by molar-refractivity contribution is 5.92. The van der Waals surface area contributed by atoms with Crippen molar-refractivity contribution in [1.29, 1.82) is 0 Å². The molecule has 3 aromatic rings. The molecular formula is C26H28F2N8O. The Hall–Kier alpha value is -3.76. The molecule has 3 aliphatic rings. The number of halogens is 2. The largest absolute Gasteiger partial charge is 0.366 e. The molecule has 1 aliphatic heterocycles. The third-order valence-electron chi connectivity index (χ3n) is 7.44. The van der Waals surface area contributed by atoms with Gasteiger partial charge in [0.15, 0.2) is 0 Å². The number of anilines is 3. The van der Waals surface area contributed by atoms with Crippen LogP contribution < -0.4 is 15.5 Å². The molecule has 6 rings (SSSR count). The van der Waals surface area contributed by atoms with Gasteiger partial charge in [-0.3, -0.25) is 10.1 Å². The minimum absolute atomic E-state index is 0.0343. The standard InChI is InChI=1S/C26H28F2N8O/c1-13-17(6-7-23(31-13)36-11-19-20(12-36)26(19,27)28)9-29-22-8-21(33-15(3)34-22)18-10-30-25(32-14(18)2)35-24(37)16-4-5-16/h6-8,10,16,19-20H,4-5,9,11-12H2,1-3H3,(H,29,33,34)(H,30,32,35,37). The molecule has 1 saturated heterocycles. The van der Waals surface area contributed by atoms with Crippen molar-refractivity contribution in [2.75, 3.05) is 28.6 Å². The number of fused-ring (bicyclic) bond motifs is 1. The van der Waals surface area contributed by atoms with Crippen LogP contribution in [0.2, 0.25) is 0 Å². The van der Waals surface area contributed by atoms with Gasteiger partial charge in [-0.25, -0.2) is 33.7 Å². The first-order valence-corrected chi connectivity index (χ1v) is 12.5. The molecule has 2 N–H and O–H groups in total. The van der Waals surface area contributed by atoms with Crippen LogP contribution >= 0.6 is 0 Å². The molecular weight excluding hydrogens is 478 g/mol. The fourth-order valence-electron chi connectivity index (χ4n) is 4.95. The predicted molar refractivity (Wildman–Crippen MR) is 134 cm³/mol. The molecule has 2 saturated carbocycles. The van der Waals surface area contributed by atoms with Crippen molar-refractivity contribution in [3.8, 4) is 11.3 Å². The normalized spacial score (nSPS) is 21.5. The summed E-state index contributed by atoms with van der Waals surface area (Å²) in [5.41, 5.74) is 3.98. The molecule has 11 heteroatoms. The SMILES string of the molecule is Cc1nc(NCc2ccc(N3CC4C(C3)C4(F)F)nc2C)cc(-c2cnc(NC(=O)C3CC3)nc2C)n1. The summed E-state index contributed by atoms with van der Waals surface area (Å²) >= 11 is 0. The lowest BCUT2D eigenvalue weighted by Gasteiger charge is -2.22. The van der Waals surface area contributed by atoms with Crippen LogP contribution in [-0.4, -0.2) is 49.8 Å². The minimum atomic E-state index is -2.50. The third-order valence-corrected chi connectivity index (χ3v) is 7.44. The van der Waals surface area contributed by atoms with E-state index in [9.17, 15) is 13.6 Å². The molecule has 3 fully saturated rings. The Kier molecular flexibility index (Phi) is 5.54. The quantitative estimate of drug-likeness (QED) is 0.497. The van der Waals surface area contributed by atoms with Gasteiger partial charge in [-0.05, 0) is 45.2 Å². The summed E-state index contributed by atoms with van der Waals surface area (Å²) in [6, 6.07) is 5.72. The van der Waals surface area contributed by atoms with Crippen LogP contribution in [0.25, 0.3) is 11.3 Å². The van der Waals surface area contributed by atoms with E-state index in [4.69, 9.17) is 0 Å². The average molecular weight is 507 g/mol. The molecule has 3 aromatic heterocycles. The summed E-state index contributed by atoms with van der Waals surface area (Å²) in [4.78, 5) is 36.4. The third kappa shape index (κ3) is 4.58. The van der Waals surface area contributed by atoms with Crippen LogP contribution in [0, 0.1) is 38.5 Å². The van der Waals surface area contributed by atoms with Crippen molar-refractivity contribution in [3.63, 3.8) is 0 Å². The lowest BCUT2D eigenvalue weighted by Crippen LogP contribution is -2.28. The minimum Gasteiger partial charge on any atom is -0.366 e. The smallest absolute Gasteiger partial charge is 0.258 e. The van der Waals surface area contributed by atoms with E-state index in [1.165, 1.54) is 0 Å². The summed E-state index contributed by atoms with van der Waals surface area (Å²) < 4.78 is 27.1. The second kappa shape index (κ2) is 8.67. The van der Waals surface area contributed by atoms with Gasteiger partial charge in [0.2, 0.25) is 11.9 Å². The fourth-order valence-corrected chi connectivity index (χ4v) is 4.95. The number of carbonyl (C=O) groups excluding carboxylic acids is 1. The summed E-state index contributed by atoms with van der Waals surface area (Å²) in [5.74, 6) is -1.22. The van der Waals surface area contributed by atoms with Crippen LogP contribution in [-0.2, 0) is 11.3 Å².